The summed E-state index contributed by atoms with van der Waals surface area (Å²) in [5, 5.41) is 4.06. The van der Waals surface area contributed by atoms with E-state index in [1.165, 1.54) is 0 Å². The summed E-state index contributed by atoms with van der Waals surface area (Å²) in [6.07, 6.45) is 3.28. The zero-order valence-corrected chi connectivity index (χ0v) is 8.42. The van der Waals surface area contributed by atoms with E-state index in [9.17, 15) is 0 Å². The van der Waals surface area contributed by atoms with Crippen LogP contribution in [0.4, 0.5) is 5.69 Å². The fourth-order valence-corrected chi connectivity index (χ4v) is 1.22. The number of nitrogens with zero attached hydrogens (tertiary/aromatic N) is 3. The van der Waals surface area contributed by atoms with Crippen LogP contribution < -0.4 is 10.5 Å². The van der Waals surface area contributed by atoms with Gasteiger partial charge in [-0.25, -0.2) is 4.68 Å². The highest BCUT2D eigenvalue weighted by atomic mass is 16.5. The van der Waals surface area contributed by atoms with Gasteiger partial charge in [-0.15, -0.1) is 0 Å². The maximum Gasteiger partial charge on any atom is 0.215 e. The van der Waals surface area contributed by atoms with E-state index in [2.05, 4.69) is 10.1 Å². The van der Waals surface area contributed by atoms with E-state index in [-0.39, 0.29) is 0 Å². The van der Waals surface area contributed by atoms with Gasteiger partial charge in [-0.2, -0.15) is 10.1 Å². The molecular formula is C10H12N4O. The minimum absolute atomic E-state index is 0.587. The van der Waals surface area contributed by atoms with Crippen molar-refractivity contribution in [3.8, 4) is 11.7 Å². The molecular weight excluding hydrogens is 192 g/mol. The van der Waals surface area contributed by atoms with Crippen LogP contribution in [0.15, 0.2) is 30.6 Å². The molecule has 2 N–H and O–H groups in total. The van der Waals surface area contributed by atoms with E-state index in [0.717, 1.165) is 0 Å². The maximum absolute atomic E-state index is 5.57. The van der Waals surface area contributed by atoms with Gasteiger partial charge in [-0.05, 0) is 13.0 Å². The Morgan fingerprint density at radius 1 is 1.47 bits per heavy atom. The SMILES string of the molecule is CCOc1cccc(-n2cc(N)cn2)n1. The Kier molecular flexibility index (Phi) is 2.53. The van der Waals surface area contributed by atoms with Crippen molar-refractivity contribution in [3.05, 3.63) is 30.6 Å². The van der Waals surface area contributed by atoms with Crippen molar-refractivity contribution in [1.82, 2.24) is 14.8 Å². The van der Waals surface area contributed by atoms with Crippen LogP contribution in [0, 0.1) is 0 Å². The Morgan fingerprint density at radius 2 is 2.33 bits per heavy atom. The second-order valence-electron chi connectivity index (χ2n) is 2.99. The van der Waals surface area contributed by atoms with Crippen LogP contribution >= 0.6 is 0 Å². The lowest BCUT2D eigenvalue weighted by molar-refractivity contribution is 0.326. The normalized spacial score (nSPS) is 10.2. The quantitative estimate of drug-likeness (QED) is 0.817. The number of pyridine rings is 1. The van der Waals surface area contributed by atoms with Gasteiger partial charge in [0.05, 0.1) is 24.7 Å². The van der Waals surface area contributed by atoms with Gasteiger partial charge in [0, 0.05) is 6.07 Å². The van der Waals surface area contributed by atoms with Crippen LogP contribution in [0.5, 0.6) is 5.88 Å². The van der Waals surface area contributed by atoms with Gasteiger partial charge in [0.1, 0.15) is 0 Å². The first kappa shape index (κ1) is 9.51. The smallest absolute Gasteiger partial charge is 0.215 e. The Hall–Kier alpha value is -2.04. The second kappa shape index (κ2) is 4.00. The summed E-state index contributed by atoms with van der Waals surface area (Å²) >= 11 is 0. The molecule has 2 heterocycles. The van der Waals surface area contributed by atoms with E-state index < -0.39 is 0 Å². The topological polar surface area (TPSA) is 66.0 Å². The molecule has 0 amide bonds. The van der Waals surface area contributed by atoms with Gasteiger partial charge in [-0.3, -0.25) is 0 Å². The fourth-order valence-electron chi connectivity index (χ4n) is 1.22. The Labute approximate surface area is 87.5 Å². The molecule has 0 saturated carbocycles. The fraction of sp³-hybridized carbons (Fsp3) is 0.200. The Balaban J connectivity index is 2.32. The van der Waals surface area contributed by atoms with Gasteiger partial charge in [0.2, 0.25) is 5.88 Å². The molecule has 0 aromatic carbocycles. The van der Waals surface area contributed by atoms with Crippen molar-refractivity contribution in [3.63, 3.8) is 0 Å². The average Bonchev–Trinajstić information content (AvgIpc) is 2.66. The van der Waals surface area contributed by atoms with Gasteiger partial charge < -0.3 is 10.5 Å². The summed E-state index contributed by atoms with van der Waals surface area (Å²) in [6.45, 7) is 2.51. The van der Waals surface area contributed by atoms with Crippen molar-refractivity contribution < 1.29 is 4.74 Å². The molecule has 0 aliphatic rings. The summed E-state index contributed by atoms with van der Waals surface area (Å²) in [7, 11) is 0. The number of rotatable bonds is 3. The molecule has 0 atom stereocenters. The highest BCUT2D eigenvalue weighted by Gasteiger charge is 2.01. The minimum atomic E-state index is 0.587. The van der Waals surface area contributed by atoms with Crippen LogP contribution in [0.1, 0.15) is 6.92 Å². The largest absolute Gasteiger partial charge is 0.478 e. The van der Waals surface area contributed by atoms with Crippen LogP contribution in [0.25, 0.3) is 5.82 Å². The summed E-state index contributed by atoms with van der Waals surface area (Å²) in [6, 6.07) is 5.51. The average molecular weight is 204 g/mol. The summed E-state index contributed by atoms with van der Waals surface area (Å²) < 4.78 is 6.90. The molecule has 2 aromatic rings. The van der Waals surface area contributed by atoms with Gasteiger partial charge >= 0.3 is 0 Å². The molecule has 2 rings (SSSR count). The lowest BCUT2D eigenvalue weighted by atomic mass is 10.4. The number of hydrogen-bond acceptors (Lipinski definition) is 4. The molecule has 0 unspecified atom stereocenters. The molecule has 0 bridgehead atoms. The van der Waals surface area contributed by atoms with Crippen molar-refractivity contribution in [2.75, 3.05) is 12.3 Å². The van der Waals surface area contributed by atoms with E-state index in [0.29, 0.717) is 24.0 Å². The van der Waals surface area contributed by atoms with Crippen LogP contribution in [-0.2, 0) is 0 Å². The first-order valence-electron chi connectivity index (χ1n) is 4.70. The monoisotopic (exact) mass is 204 g/mol. The van der Waals surface area contributed by atoms with E-state index >= 15 is 0 Å². The maximum atomic E-state index is 5.57. The molecule has 5 heteroatoms. The van der Waals surface area contributed by atoms with Crippen molar-refractivity contribution in [1.29, 1.82) is 0 Å². The highest BCUT2D eigenvalue weighted by molar-refractivity contribution is 5.35. The van der Waals surface area contributed by atoms with Crippen molar-refractivity contribution in [2.45, 2.75) is 6.92 Å². The molecule has 0 saturated heterocycles. The molecule has 0 radical (unpaired) electrons. The van der Waals surface area contributed by atoms with Gasteiger partial charge in [0.25, 0.3) is 0 Å². The number of ether oxygens (including phenoxy) is 1. The lowest BCUT2D eigenvalue weighted by Gasteiger charge is -2.04. The Bertz CT molecular complexity index is 452. The number of nitrogen functional groups attached to an aromatic ring is 1. The number of aromatic nitrogens is 3. The molecule has 15 heavy (non-hydrogen) atoms. The molecule has 0 fully saturated rings. The standard InChI is InChI=1S/C10H12N4O/c1-2-15-10-5-3-4-9(13-10)14-7-8(11)6-12-14/h3-7H,2,11H2,1H3. The third-order valence-electron chi connectivity index (χ3n) is 1.84. The summed E-state index contributed by atoms with van der Waals surface area (Å²) in [4.78, 5) is 4.27. The second-order valence-corrected chi connectivity index (χ2v) is 2.99. The van der Waals surface area contributed by atoms with Gasteiger partial charge in [0.15, 0.2) is 5.82 Å². The molecule has 0 spiro atoms. The molecule has 2 aromatic heterocycles. The molecule has 0 aliphatic carbocycles. The first-order chi connectivity index (χ1) is 7.29. The summed E-state index contributed by atoms with van der Waals surface area (Å²) in [5.74, 6) is 1.28. The number of hydrogen-bond donors (Lipinski definition) is 1. The van der Waals surface area contributed by atoms with Crippen LogP contribution in [0.3, 0.4) is 0 Å². The molecule has 0 aliphatic heterocycles. The Morgan fingerprint density at radius 3 is 3.00 bits per heavy atom. The first-order valence-corrected chi connectivity index (χ1v) is 4.70. The zero-order valence-electron chi connectivity index (χ0n) is 8.42. The van der Waals surface area contributed by atoms with E-state index in [1.54, 1.807) is 23.1 Å². The number of nitrogens with two attached hydrogens (primary N) is 1. The minimum Gasteiger partial charge on any atom is -0.478 e. The van der Waals surface area contributed by atoms with Gasteiger partial charge in [-0.1, -0.05) is 6.07 Å². The predicted octanol–water partition coefficient (Wildman–Crippen LogP) is 1.25. The highest BCUT2D eigenvalue weighted by Crippen LogP contribution is 2.11. The molecule has 5 nitrogen and oxygen atoms in total. The molecule has 78 valence electrons. The van der Waals surface area contributed by atoms with Crippen molar-refractivity contribution >= 4 is 5.69 Å². The third kappa shape index (κ3) is 2.07. The lowest BCUT2D eigenvalue weighted by Crippen LogP contribution is -2.00. The zero-order chi connectivity index (χ0) is 10.7. The number of anilines is 1. The van der Waals surface area contributed by atoms with Crippen molar-refractivity contribution in [2.24, 2.45) is 0 Å². The summed E-state index contributed by atoms with van der Waals surface area (Å²) in [5.41, 5.74) is 6.18. The van der Waals surface area contributed by atoms with Crippen LogP contribution in [0.2, 0.25) is 0 Å². The van der Waals surface area contributed by atoms with E-state index in [4.69, 9.17) is 10.5 Å². The van der Waals surface area contributed by atoms with Crippen LogP contribution in [-0.4, -0.2) is 21.4 Å². The predicted molar refractivity (Wildman–Crippen MR) is 56.9 cm³/mol. The van der Waals surface area contributed by atoms with E-state index in [1.807, 2.05) is 19.1 Å². The third-order valence-corrected chi connectivity index (χ3v) is 1.84.